The van der Waals surface area contributed by atoms with Crippen molar-refractivity contribution in [2.75, 3.05) is 0 Å². The van der Waals surface area contributed by atoms with Gasteiger partial charge in [0.15, 0.2) is 22.1 Å². The van der Waals surface area contributed by atoms with Gasteiger partial charge in [0.25, 0.3) is 0 Å². The van der Waals surface area contributed by atoms with Crippen molar-refractivity contribution in [3.05, 3.63) is 29.8 Å². The fourth-order valence-electron chi connectivity index (χ4n) is 0.582. The van der Waals surface area contributed by atoms with Gasteiger partial charge in [0.1, 0.15) is 0 Å². The SMILES string of the molecule is O=C(OBr)c1ccncc1F. The van der Waals surface area contributed by atoms with Crippen LogP contribution in [0.3, 0.4) is 0 Å². The van der Waals surface area contributed by atoms with E-state index in [4.69, 9.17) is 0 Å². The van der Waals surface area contributed by atoms with E-state index in [9.17, 15) is 9.18 Å². The largest absolute Gasteiger partial charge is 0.380 e. The second-order valence-corrected chi connectivity index (χ2v) is 2.04. The first-order chi connectivity index (χ1) is 5.25. The second kappa shape index (κ2) is 3.43. The standard InChI is InChI=1S/C6H3BrFNO2/c7-11-6(10)4-1-2-9-3-5(4)8/h1-3H. The molecule has 0 saturated heterocycles. The molecule has 58 valence electrons. The maximum absolute atomic E-state index is 12.6. The van der Waals surface area contributed by atoms with Crippen LogP contribution in [0.5, 0.6) is 0 Å². The first kappa shape index (κ1) is 8.13. The molecule has 0 radical (unpaired) electrons. The summed E-state index contributed by atoms with van der Waals surface area (Å²) in [5, 5.41) is 0. The molecule has 0 N–H and O–H groups in total. The van der Waals surface area contributed by atoms with Crippen LogP contribution in [-0.4, -0.2) is 11.0 Å². The summed E-state index contributed by atoms with van der Waals surface area (Å²) >= 11 is 2.45. The van der Waals surface area contributed by atoms with Crippen LogP contribution in [0.25, 0.3) is 0 Å². The van der Waals surface area contributed by atoms with Crippen LogP contribution >= 0.6 is 16.3 Å². The fourth-order valence-corrected chi connectivity index (χ4v) is 0.757. The van der Waals surface area contributed by atoms with E-state index in [1.165, 1.54) is 12.3 Å². The number of hydrogen-bond acceptors (Lipinski definition) is 3. The lowest BCUT2D eigenvalue weighted by molar-refractivity contribution is 0.0777. The van der Waals surface area contributed by atoms with Crippen molar-refractivity contribution < 1.29 is 13.0 Å². The van der Waals surface area contributed by atoms with Gasteiger partial charge in [0.05, 0.1) is 11.8 Å². The van der Waals surface area contributed by atoms with Gasteiger partial charge in [-0.1, -0.05) is 0 Å². The van der Waals surface area contributed by atoms with E-state index in [1.54, 1.807) is 0 Å². The zero-order valence-electron chi connectivity index (χ0n) is 5.25. The summed E-state index contributed by atoms with van der Waals surface area (Å²) in [7, 11) is 0. The molecule has 1 aromatic heterocycles. The molecule has 1 aromatic rings. The van der Waals surface area contributed by atoms with Crippen LogP contribution in [0.2, 0.25) is 0 Å². The van der Waals surface area contributed by atoms with Crippen molar-refractivity contribution in [3.63, 3.8) is 0 Å². The first-order valence-electron chi connectivity index (χ1n) is 2.68. The molecule has 1 heterocycles. The number of nitrogens with zero attached hydrogens (tertiary/aromatic N) is 1. The average molecular weight is 220 g/mol. The minimum absolute atomic E-state index is 0.142. The number of rotatable bonds is 1. The van der Waals surface area contributed by atoms with Crippen LogP contribution in [0.4, 0.5) is 4.39 Å². The van der Waals surface area contributed by atoms with Crippen molar-refractivity contribution in [3.8, 4) is 0 Å². The molecule has 0 bridgehead atoms. The van der Waals surface area contributed by atoms with Gasteiger partial charge in [-0.3, -0.25) is 4.98 Å². The van der Waals surface area contributed by atoms with Crippen LogP contribution in [-0.2, 0) is 3.83 Å². The third kappa shape index (κ3) is 1.74. The molecule has 0 aromatic carbocycles. The van der Waals surface area contributed by atoms with E-state index >= 15 is 0 Å². The Balaban J connectivity index is 3.03. The molecule has 0 amide bonds. The Morgan fingerprint density at radius 1 is 1.73 bits per heavy atom. The molecule has 0 spiro atoms. The summed E-state index contributed by atoms with van der Waals surface area (Å²) in [5.41, 5.74) is -0.142. The van der Waals surface area contributed by atoms with Gasteiger partial charge in [0.2, 0.25) is 0 Å². The Kier molecular flexibility index (Phi) is 2.53. The van der Waals surface area contributed by atoms with Crippen LogP contribution in [0.1, 0.15) is 10.4 Å². The van der Waals surface area contributed by atoms with E-state index in [1.807, 2.05) is 0 Å². The number of halogens is 2. The van der Waals surface area contributed by atoms with E-state index in [0.717, 1.165) is 6.20 Å². The molecule has 0 aliphatic carbocycles. The van der Waals surface area contributed by atoms with Crippen LogP contribution < -0.4 is 0 Å². The Morgan fingerprint density at radius 2 is 2.45 bits per heavy atom. The quantitative estimate of drug-likeness (QED) is 0.722. The predicted octanol–water partition coefficient (Wildman–Crippen LogP) is 1.69. The van der Waals surface area contributed by atoms with Crippen molar-refractivity contribution in [1.82, 2.24) is 4.98 Å². The minimum Gasteiger partial charge on any atom is -0.380 e. The Bertz CT molecular complexity index is 279. The van der Waals surface area contributed by atoms with Gasteiger partial charge < -0.3 is 3.83 Å². The fraction of sp³-hybridized carbons (Fsp3) is 0. The first-order valence-corrected chi connectivity index (χ1v) is 3.33. The normalized spacial score (nSPS) is 9.27. The molecule has 0 aliphatic heterocycles. The summed E-state index contributed by atoms with van der Waals surface area (Å²) in [6.45, 7) is 0. The Hall–Kier alpha value is -0.970. The maximum Gasteiger partial charge on any atom is 0.352 e. The van der Waals surface area contributed by atoms with Crippen LogP contribution in [0.15, 0.2) is 18.5 Å². The molecule has 5 heteroatoms. The molecule has 0 unspecified atom stereocenters. The van der Waals surface area contributed by atoms with Crippen molar-refractivity contribution in [2.45, 2.75) is 0 Å². The molecule has 0 saturated carbocycles. The third-order valence-electron chi connectivity index (χ3n) is 1.06. The Morgan fingerprint density at radius 3 is 3.00 bits per heavy atom. The van der Waals surface area contributed by atoms with Gasteiger partial charge in [-0.25, -0.2) is 9.18 Å². The molecule has 0 atom stereocenters. The molecular formula is C6H3BrFNO2. The number of carbonyl (C=O) groups excluding carboxylic acids is 1. The molecule has 11 heavy (non-hydrogen) atoms. The monoisotopic (exact) mass is 219 g/mol. The van der Waals surface area contributed by atoms with E-state index < -0.39 is 11.8 Å². The summed E-state index contributed by atoms with van der Waals surface area (Å²) in [6, 6.07) is 1.24. The van der Waals surface area contributed by atoms with Gasteiger partial charge in [0, 0.05) is 6.20 Å². The third-order valence-corrected chi connectivity index (χ3v) is 1.36. The average Bonchev–Trinajstić information content (AvgIpc) is 2.04. The summed E-state index contributed by atoms with van der Waals surface area (Å²) in [4.78, 5) is 14.2. The van der Waals surface area contributed by atoms with Gasteiger partial charge in [-0.15, -0.1) is 0 Å². The Labute approximate surface area is 70.6 Å². The van der Waals surface area contributed by atoms with E-state index in [0.29, 0.717) is 0 Å². The molecule has 1 rings (SSSR count). The molecule has 3 nitrogen and oxygen atoms in total. The number of aromatic nitrogens is 1. The number of carbonyl (C=O) groups is 1. The minimum atomic E-state index is -0.773. The summed E-state index contributed by atoms with van der Waals surface area (Å²) < 4.78 is 16.8. The van der Waals surface area contributed by atoms with E-state index in [2.05, 4.69) is 25.1 Å². The van der Waals surface area contributed by atoms with Crippen molar-refractivity contribution in [2.24, 2.45) is 0 Å². The van der Waals surface area contributed by atoms with Gasteiger partial charge >= 0.3 is 5.97 Å². The summed E-state index contributed by atoms with van der Waals surface area (Å²) in [6.07, 6.45) is 2.25. The number of hydrogen-bond donors (Lipinski definition) is 0. The van der Waals surface area contributed by atoms with E-state index in [-0.39, 0.29) is 5.56 Å². The predicted molar refractivity (Wildman–Crippen MR) is 38.5 cm³/mol. The lowest BCUT2D eigenvalue weighted by Crippen LogP contribution is -2.01. The smallest absolute Gasteiger partial charge is 0.352 e. The zero-order chi connectivity index (χ0) is 8.27. The highest BCUT2D eigenvalue weighted by Gasteiger charge is 2.10. The van der Waals surface area contributed by atoms with Crippen molar-refractivity contribution >= 4 is 22.2 Å². The van der Waals surface area contributed by atoms with Gasteiger partial charge in [-0.2, -0.15) is 0 Å². The molecular weight excluding hydrogens is 217 g/mol. The lowest BCUT2D eigenvalue weighted by Gasteiger charge is -1.95. The van der Waals surface area contributed by atoms with Gasteiger partial charge in [-0.05, 0) is 6.07 Å². The second-order valence-electron chi connectivity index (χ2n) is 1.72. The van der Waals surface area contributed by atoms with Crippen LogP contribution in [0, 0.1) is 5.82 Å². The molecule has 0 fully saturated rings. The highest BCUT2D eigenvalue weighted by atomic mass is 79.9. The lowest BCUT2D eigenvalue weighted by atomic mass is 10.3. The number of pyridine rings is 1. The topological polar surface area (TPSA) is 39.2 Å². The summed E-state index contributed by atoms with van der Waals surface area (Å²) in [5.74, 6) is -1.47. The highest BCUT2D eigenvalue weighted by Crippen LogP contribution is 2.07. The maximum atomic E-state index is 12.6. The molecule has 0 aliphatic rings. The highest BCUT2D eigenvalue weighted by molar-refractivity contribution is 9.06. The zero-order valence-corrected chi connectivity index (χ0v) is 6.84. The van der Waals surface area contributed by atoms with Crippen molar-refractivity contribution in [1.29, 1.82) is 0 Å².